The lowest BCUT2D eigenvalue weighted by atomic mass is 9.95. The van der Waals surface area contributed by atoms with Crippen molar-refractivity contribution in [3.8, 4) is 0 Å². The van der Waals surface area contributed by atoms with Gasteiger partial charge in [0.1, 0.15) is 0 Å². The van der Waals surface area contributed by atoms with Crippen molar-refractivity contribution >= 4 is 41.2 Å². The van der Waals surface area contributed by atoms with Gasteiger partial charge in [-0.15, -0.1) is 11.8 Å². The van der Waals surface area contributed by atoms with E-state index >= 15 is 0 Å². The van der Waals surface area contributed by atoms with Crippen LogP contribution in [0.5, 0.6) is 0 Å². The van der Waals surface area contributed by atoms with E-state index in [4.69, 9.17) is 11.6 Å². The Morgan fingerprint density at radius 3 is 2.59 bits per heavy atom. The van der Waals surface area contributed by atoms with Gasteiger partial charge in [0, 0.05) is 30.7 Å². The first-order valence-corrected chi connectivity index (χ1v) is 12.5. The fraction of sp³-hybridized carbons (Fsp3) is 0.591. The van der Waals surface area contributed by atoms with Crippen LogP contribution in [0.3, 0.4) is 0 Å². The van der Waals surface area contributed by atoms with E-state index in [1.165, 1.54) is 25.2 Å². The molecule has 4 amide bonds. The van der Waals surface area contributed by atoms with Gasteiger partial charge in [0.25, 0.3) is 0 Å². The van der Waals surface area contributed by atoms with Gasteiger partial charge < -0.3 is 10.2 Å². The molecule has 32 heavy (non-hydrogen) atoms. The number of amides is 4. The first-order valence-electron chi connectivity index (χ1n) is 11.1. The lowest BCUT2D eigenvalue weighted by Gasteiger charge is -2.50. The standard InChI is InChI=1S/C22H30ClN5O3S/c1-27-19-17(21(30)28(2)22(27)31)20(26-18(25-19)14-10-6-7-11-15(14)23)32-12-16(29)24-13-8-4-3-5-9-13/h6-7,10-11,13,17-20,25-26H,3-5,8-9,12H2,1-2H3,(H,24,29). The summed E-state index contributed by atoms with van der Waals surface area (Å²) in [5.41, 5.74) is 0.831. The number of thioether (sulfide) groups is 1. The molecule has 2 saturated heterocycles. The second kappa shape index (κ2) is 9.99. The summed E-state index contributed by atoms with van der Waals surface area (Å²) in [4.78, 5) is 40.9. The minimum Gasteiger partial charge on any atom is -0.353 e. The molecule has 1 aromatic carbocycles. The van der Waals surface area contributed by atoms with Gasteiger partial charge in [-0.1, -0.05) is 49.1 Å². The molecule has 0 spiro atoms. The third-order valence-electron chi connectivity index (χ3n) is 6.54. The molecule has 174 valence electrons. The molecule has 3 aliphatic rings. The predicted molar refractivity (Wildman–Crippen MR) is 125 cm³/mol. The Hall–Kier alpha value is -1.81. The number of hydrogen-bond donors (Lipinski definition) is 3. The summed E-state index contributed by atoms with van der Waals surface area (Å²) >= 11 is 7.83. The quantitative estimate of drug-likeness (QED) is 0.600. The van der Waals surface area contributed by atoms with Gasteiger partial charge >= 0.3 is 6.03 Å². The molecule has 1 saturated carbocycles. The Labute approximate surface area is 197 Å². The second-order valence-electron chi connectivity index (χ2n) is 8.68. The third kappa shape index (κ3) is 4.76. The Morgan fingerprint density at radius 2 is 1.88 bits per heavy atom. The monoisotopic (exact) mass is 479 g/mol. The SMILES string of the molecule is CN1C(=O)C2C(SCC(=O)NC3CCCCC3)NC(c3ccccc3Cl)NC2N(C)C1=O. The Kier molecular flexibility index (Phi) is 7.29. The number of fused-ring (bicyclic) bond motifs is 1. The van der Waals surface area contributed by atoms with E-state index in [-0.39, 0.29) is 41.2 Å². The largest absolute Gasteiger partial charge is 0.353 e. The van der Waals surface area contributed by atoms with E-state index in [1.54, 1.807) is 18.0 Å². The zero-order valence-corrected chi connectivity index (χ0v) is 19.9. The average Bonchev–Trinajstić information content (AvgIpc) is 2.80. The zero-order valence-electron chi connectivity index (χ0n) is 18.3. The number of carbonyl (C=O) groups is 3. The Bertz CT molecular complexity index is 881. The van der Waals surface area contributed by atoms with E-state index in [1.807, 2.05) is 18.2 Å². The molecule has 3 N–H and O–H groups in total. The maximum absolute atomic E-state index is 13.1. The Morgan fingerprint density at radius 1 is 1.16 bits per heavy atom. The van der Waals surface area contributed by atoms with Crippen LogP contribution in [0.25, 0.3) is 0 Å². The summed E-state index contributed by atoms with van der Waals surface area (Å²) in [6.45, 7) is 0. The minimum absolute atomic E-state index is 0.0193. The van der Waals surface area contributed by atoms with Crippen LogP contribution < -0.4 is 16.0 Å². The molecule has 4 rings (SSSR count). The van der Waals surface area contributed by atoms with Crippen molar-refractivity contribution in [3.05, 3.63) is 34.9 Å². The number of urea groups is 1. The van der Waals surface area contributed by atoms with Crippen molar-refractivity contribution < 1.29 is 14.4 Å². The number of nitrogens with zero attached hydrogens (tertiary/aromatic N) is 2. The van der Waals surface area contributed by atoms with Crippen molar-refractivity contribution in [2.24, 2.45) is 5.92 Å². The van der Waals surface area contributed by atoms with E-state index in [9.17, 15) is 14.4 Å². The minimum atomic E-state index is -0.533. The van der Waals surface area contributed by atoms with E-state index in [0.29, 0.717) is 5.02 Å². The molecule has 10 heteroatoms. The summed E-state index contributed by atoms with van der Waals surface area (Å²) < 4.78 is 0. The number of rotatable bonds is 5. The van der Waals surface area contributed by atoms with E-state index in [2.05, 4.69) is 16.0 Å². The molecule has 4 unspecified atom stereocenters. The normalized spacial score (nSPS) is 29.1. The highest BCUT2D eigenvalue weighted by Gasteiger charge is 2.51. The second-order valence-corrected chi connectivity index (χ2v) is 10.2. The predicted octanol–water partition coefficient (Wildman–Crippen LogP) is 2.51. The zero-order chi connectivity index (χ0) is 22.8. The summed E-state index contributed by atoms with van der Waals surface area (Å²) in [7, 11) is 3.18. The lowest BCUT2D eigenvalue weighted by molar-refractivity contribution is -0.140. The molecule has 0 bridgehead atoms. The number of nitrogens with one attached hydrogen (secondary N) is 3. The molecular weight excluding hydrogens is 450 g/mol. The Balaban J connectivity index is 1.51. The summed E-state index contributed by atoms with van der Waals surface area (Å²) in [5.74, 6) is -0.578. The van der Waals surface area contributed by atoms with Crippen LogP contribution in [0.2, 0.25) is 5.02 Å². The van der Waals surface area contributed by atoms with Crippen LogP contribution >= 0.6 is 23.4 Å². The maximum atomic E-state index is 13.1. The number of hydrogen-bond acceptors (Lipinski definition) is 6. The van der Waals surface area contributed by atoms with Gasteiger partial charge in [-0.3, -0.25) is 25.1 Å². The molecular formula is C22H30ClN5O3S. The van der Waals surface area contributed by atoms with Crippen LogP contribution in [0, 0.1) is 5.92 Å². The highest BCUT2D eigenvalue weighted by Crippen LogP contribution is 2.35. The first-order chi connectivity index (χ1) is 15.4. The molecule has 0 radical (unpaired) electrons. The molecule has 2 aliphatic heterocycles. The van der Waals surface area contributed by atoms with Crippen molar-refractivity contribution in [2.45, 2.75) is 55.9 Å². The van der Waals surface area contributed by atoms with Crippen LogP contribution in [0.15, 0.2) is 24.3 Å². The van der Waals surface area contributed by atoms with Crippen LogP contribution in [0.1, 0.15) is 43.8 Å². The molecule has 3 fully saturated rings. The van der Waals surface area contributed by atoms with Gasteiger partial charge in [0.2, 0.25) is 11.8 Å². The van der Waals surface area contributed by atoms with Gasteiger partial charge in [-0.05, 0) is 18.9 Å². The van der Waals surface area contributed by atoms with Gasteiger partial charge in [-0.2, -0.15) is 0 Å². The summed E-state index contributed by atoms with van der Waals surface area (Å²) in [6, 6.07) is 7.35. The highest BCUT2D eigenvalue weighted by molar-refractivity contribution is 8.00. The smallest absolute Gasteiger partial charge is 0.327 e. The molecule has 4 atom stereocenters. The molecule has 8 nitrogen and oxygen atoms in total. The fourth-order valence-corrected chi connectivity index (χ4v) is 6.13. The number of imide groups is 1. The van der Waals surface area contributed by atoms with Crippen LogP contribution in [0.4, 0.5) is 4.79 Å². The molecule has 2 heterocycles. The van der Waals surface area contributed by atoms with E-state index in [0.717, 1.165) is 36.1 Å². The molecule has 1 aliphatic carbocycles. The number of halogens is 1. The lowest BCUT2D eigenvalue weighted by Crippen LogP contribution is -2.72. The molecule has 0 aromatic heterocycles. The number of benzene rings is 1. The van der Waals surface area contributed by atoms with Gasteiger partial charge in [0.15, 0.2) is 0 Å². The van der Waals surface area contributed by atoms with Crippen molar-refractivity contribution in [1.29, 1.82) is 0 Å². The summed E-state index contributed by atoms with van der Waals surface area (Å²) in [5, 5.41) is 10.2. The third-order valence-corrected chi connectivity index (χ3v) is 8.10. The first kappa shape index (κ1) is 23.4. The average molecular weight is 480 g/mol. The highest BCUT2D eigenvalue weighted by atomic mass is 35.5. The van der Waals surface area contributed by atoms with Gasteiger partial charge in [0.05, 0.1) is 29.4 Å². The van der Waals surface area contributed by atoms with Gasteiger partial charge in [-0.25, -0.2) is 4.79 Å². The van der Waals surface area contributed by atoms with E-state index < -0.39 is 12.1 Å². The van der Waals surface area contributed by atoms with Crippen molar-refractivity contribution in [2.75, 3.05) is 19.8 Å². The summed E-state index contributed by atoms with van der Waals surface area (Å²) in [6.07, 6.45) is 4.71. The maximum Gasteiger partial charge on any atom is 0.327 e. The topological polar surface area (TPSA) is 93.8 Å². The molecule has 1 aromatic rings. The fourth-order valence-electron chi connectivity index (χ4n) is 4.77. The van der Waals surface area contributed by atoms with Crippen LogP contribution in [-0.2, 0) is 9.59 Å². The van der Waals surface area contributed by atoms with Crippen molar-refractivity contribution in [1.82, 2.24) is 25.8 Å². The van der Waals surface area contributed by atoms with Crippen molar-refractivity contribution in [3.63, 3.8) is 0 Å². The number of carbonyl (C=O) groups excluding carboxylic acids is 3. The van der Waals surface area contributed by atoms with Crippen LogP contribution in [-0.4, -0.2) is 65.1 Å².